The van der Waals surface area contributed by atoms with E-state index in [2.05, 4.69) is 9.47 Å². The molecule has 0 bridgehead atoms. The minimum Gasteiger partial charge on any atom is -0.466 e. The van der Waals surface area contributed by atoms with Gasteiger partial charge in [-0.15, -0.1) is 0 Å². The normalized spacial score (nSPS) is 9.47. The predicted octanol–water partition coefficient (Wildman–Crippen LogP) is 0.925. The molecular weight excluding hydrogens is 230 g/mol. The van der Waals surface area contributed by atoms with Crippen LogP contribution in [-0.4, -0.2) is 30.6 Å². The van der Waals surface area contributed by atoms with E-state index in [1.54, 1.807) is 0 Å². The Bertz CT molecular complexity index is 439. The number of non-ortho nitro benzene ring substituents is 1. The molecule has 0 aromatic heterocycles. The predicted molar refractivity (Wildman–Crippen MR) is 55.4 cm³/mol. The Morgan fingerprint density at radius 2 is 1.88 bits per heavy atom. The first kappa shape index (κ1) is 12.6. The van der Waals surface area contributed by atoms with Crippen molar-refractivity contribution in [1.82, 2.24) is 0 Å². The van der Waals surface area contributed by atoms with Gasteiger partial charge in [0.15, 0.2) is 6.61 Å². The fourth-order valence-corrected chi connectivity index (χ4v) is 0.986. The van der Waals surface area contributed by atoms with Crippen molar-refractivity contribution >= 4 is 17.6 Å². The van der Waals surface area contributed by atoms with Crippen molar-refractivity contribution in [2.75, 3.05) is 13.7 Å². The van der Waals surface area contributed by atoms with Gasteiger partial charge in [-0.25, -0.2) is 9.59 Å². The van der Waals surface area contributed by atoms with E-state index in [0.717, 1.165) is 0 Å². The van der Waals surface area contributed by atoms with E-state index >= 15 is 0 Å². The molecule has 0 unspecified atom stereocenters. The summed E-state index contributed by atoms with van der Waals surface area (Å²) in [4.78, 5) is 31.8. The molecule has 0 saturated carbocycles. The highest BCUT2D eigenvalue weighted by molar-refractivity contribution is 5.90. The van der Waals surface area contributed by atoms with Crippen LogP contribution in [0.1, 0.15) is 10.4 Å². The Morgan fingerprint density at radius 1 is 1.29 bits per heavy atom. The molecule has 0 N–H and O–H groups in total. The molecule has 1 aromatic carbocycles. The fraction of sp³-hybridized carbons (Fsp3) is 0.200. The lowest BCUT2D eigenvalue weighted by Gasteiger charge is -2.02. The second kappa shape index (κ2) is 5.59. The maximum Gasteiger partial charge on any atom is 0.344 e. The van der Waals surface area contributed by atoms with Gasteiger partial charge in [0.05, 0.1) is 17.6 Å². The van der Waals surface area contributed by atoms with E-state index in [0.29, 0.717) is 0 Å². The topological polar surface area (TPSA) is 95.7 Å². The van der Waals surface area contributed by atoms with Gasteiger partial charge in [0.1, 0.15) is 0 Å². The summed E-state index contributed by atoms with van der Waals surface area (Å²) in [5, 5.41) is 10.4. The van der Waals surface area contributed by atoms with E-state index < -0.39 is 23.5 Å². The molecular formula is C10H9NO6. The summed E-state index contributed by atoms with van der Waals surface area (Å²) in [6, 6.07) is 4.85. The van der Waals surface area contributed by atoms with Crippen LogP contribution < -0.4 is 0 Å². The number of rotatable bonds is 4. The minimum atomic E-state index is -0.745. The number of esters is 2. The van der Waals surface area contributed by atoms with Gasteiger partial charge in [-0.3, -0.25) is 10.1 Å². The third kappa shape index (κ3) is 3.56. The van der Waals surface area contributed by atoms with Crippen molar-refractivity contribution in [3.8, 4) is 0 Å². The number of carbonyl (C=O) groups excluding carboxylic acids is 2. The number of ether oxygens (including phenoxy) is 2. The summed E-state index contributed by atoms with van der Waals surface area (Å²) < 4.78 is 8.88. The molecule has 0 radical (unpaired) electrons. The average Bonchev–Trinajstić information content (AvgIpc) is 2.35. The van der Waals surface area contributed by atoms with Gasteiger partial charge < -0.3 is 9.47 Å². The summed E-state index contributed by atoms with van der Waals surface area (Å²) in [5.74, 6) is -1.43. The molecule has 0 fully saturated rings. The lowest BCUT2D eigenvalue weighted by molar-refractivity contribution is -0.384. The lowest BCUT2D eigenvalue weighted by atomic mass is 10.2. The van der Waals surface area contributed by atoms with Crippen molar-refractivity contribution in [2.24, 2.45) is 0 Å². The van der Waals surface area contributed by atoms with E-state index in [1.165, 1.54) is 31.4 Å². The Balaban J connectivity index is 2.64. The Kier molecular flexibility index (Phi) is 4.15. The van der Waals surface area contributed by atoms with E-state index in [4.69, 9.17) is 0 Å². The number of nitrogens with zero attached hydrogens (tertiary/aromatic N) is 1. The van der Waals surface area contributed by atoms with Crippen LogP contribution in [0, 0.1) is 10.1 Å². The van der Waals surface area contributed by atoms with Gasteiger partial charge in [0, 0.05) is 12.1 Å². The van der Waals surface area contributed by atoms with Crippen LogP contribution in [0.25, 0.3) is 0 Å². The van der Waals surface area contributed by atoms with Crippen LogP contribution in [0.5, 0.6) is 0 Å². The molecule has 90 valence electrons. The summed E-state index contributed by atoms with van der Waals surface area (Å²) in [6.45, 7) is -0.494. The summed E-state index contributed by atoms with van der Waals surface area (Å²) in [6.07, 6.45) is 0. The molecule has 1 rings (SSSR count). The van der Waals surface area contributed by atoms with Gasteiger partial charge in [0.2, 0.25) is 0 Å². The molecule has 0 spiro atoms. The quantitative estimate of drug-likeness (QED) is 0.440. The zero-order valence-corrected chi connectivity index (χ0v) is 8.91. The third-order valence-electron chi connectivity index (χ3n) is 1.86. The number of hydrogen-bond acceptors (Lipinski definition) is 6. The average molecular weight is 239 g/mol. The molecule has 0 amide bonds. The van der Waals surface area contributed by atoms with Crippen LogP contribution in [-0.2, 0) is 14.3 Å². The van der Waals surface area contributed by atoms with Crippen molar-refractivity contribution in [1.29, 1.82) is 0 Å². The SMILES string of the molecule is COC(=O)COC(=O)c1ccc([N+](=O)[O-])cc1. The molecule has 17 heavy (non-hydrogen) atoms. The second-order valence-corrected chi connectivity index (χ2v) is 2.96. The fourth-order valence-electron chi connectivity index (χ4n) is 0.986. The van der Waals surface area contributed by atoms with Gasteiger partial charge in [-0.05, 0) is 12.1 Å². The third-order valence-corrected chi connectivity index (χ3v) is 1.86. The summed E-state index contributed by atoms with van der Waals surface area (Å²) in [7, 11) is 1.17. The lowest BCUT2D eigenvalue weighted by Crippen LogP contribution is -2.15. The number of nitro benzene ring substituents is 1. The summed E-state index contributed by atoms with van der Waals surface area (Å²) >= 11 is 0. The number of benzene rings is 1. The van der Waals surface area contributed by atoms with Gasteiger partial charge in [-0.2, -0.15) is 0 Å². The van der Waals surface area contributed by atoms with Gasteiger partial charge in [0.25, 0.3) is 5.69 Å². The van der Waals surface area contributed by atoms with Crippen molar-refractivity contribution in [3.63, 3.8) is 0 Å². The first-order valence-electron chi connectivity index (χ1n) is 4.53. The Morgan fingerprint density at radius 3 is 2.35 bits per heavy atom. The van der Waals surface area contributed by atoms with Crippen molar-refractivity contribution in [2.45, 2.75) is 0 Å². The van der Waals surface area contributed by atoms with Crippen LogP contribution in [0.3, 0.4) is 0 Å². The molecule has 0 aliphatic heterocycles. The first-order chi connectivity index (χ1) is 8.04. The van der Waals surface area contributed by atoms with Crippen LogP contribution >= 0.6 is 0 Å². The molecule has 0 aliphatic rings. The molecule has 0 aliphatic carbocycles. The molecule has 0 saturated heterocycles. The molecule has 1 aromatic rings. The highest BCUT2D eigenvalue weighted by atomic mass is 16.6. The largest absolute Gasteiger partial charge is 0.466 e. The number of hydrogen-bond donors (Lipinski definition) is 0. The van der Waals surface area contributed by atoms with Crippen molar-refractivity contribution in [3.05, 3.63) is 39.9 Å². The molecule has 0 atom stereocenters. The number of nitro groups is 1. The van der Waals surface area contributed by atoms with E-state index in [-0.39, 0.29) is 11.3 Å². The Labute approximate surface area is 96.1 Å². The van der Waals surface area contributed by atoms with Crippen LogP contribution in [0.4, 0.5) is 5.69 Å². The van der Waals surface area contributed by atoms with Crippen molar-refractivity contribution < 1.29 is 24.0 Å². The summed E-state index contributed by atoms with van der Waals surface area (Å²) in [5.41, 5.74) is -0.00554. The van der Waals surface area contributed by atoms with E-state index in [9.17, 15) is 19.7 Å². The highest BCUT2D eigenvalue weighted by Gasteiger charge is 2.12. The van der Waals surface area contributed by atoms with Crippen LogP contribution in [0.15, 0.2) is 24.3 Å². The standard InChI is InChI=1S/C10H9NO6/c1-16-9(12)6-17-10(13)7-2-4-8(5-3-7)11(14)15/h2-5H,6H2,1H3. The highest BCUT2D eigenvalue weighted by Crippen LogP contribution is 2.12. The first-order valence-corrected chi connectivity index (χ1v) is 4.53. The van der Waals surface area contributed by atoms with Gasteiger partial charge in [-0.1, -0.05) is 0 Å². The zero-order valence-electron chi connectivity index (χ0n) is 8.91. The Hall–Kier alpha value is -2.44. The van der Waals surface area contributed by atoms with E-state index in [1.807, 2.05) is 0 Å². The molecule has 7 nitrogen and oxygen atoms in total. The maximum absolute atomic E-state index is 11.3. The molecule has 7 heteroatoms. The second-order valence-electron chi connectivity index (χ2n) is 2.96. The maximum atomic E-state index is 11.3. The minimum absolute atomic E-state index is 0.125. The zero-order chi connectivity index (χ0) is 12.8. The van der Waals surface area contributed by atoms with Gasteiger partial charge >= 0.3 is 11.9 Å². The molecule has 0 heterocycles. The number of methoxy groups -OCH3 is 1. The van der Waals surface area contributed by atoms with Crippen LogP contribution in [0.2, 0.25) is 0 Å². The smallest absolute Gasteiger partial charge is 0.344 e. The number of carbonyl (C=O) groups is 2. The monoisotopic (exact) mass is 239 g/mol.